The van der Waals surface area contributed by atoms with E-state index >= 15 is 0 Å². The zero-order valence-corrected chi connectivity index (χ0v) is 10.6. The lowest BCUT2D eigenvalue weighted by Crippen LogP contribution is -2.45. The van der Waals surface area contributed by atoms with Gasteiger partial charge in [-0.1, -0.05) is 26.7 Å². The average Bonchev–Trinajstić information content (AvgIpc) is 2.34. The third kappa shape index (κ3) is 4.98. The summed E-state index contributed by atoms with van der Waals surface area (Å²) >= 11 is 0. The zero-order chi connectivity index (χ0) is 10.9. The van der Waals surface area contributed by atoms with E-state index in [-0.39, 0.29) is 0 Å². The van der Waals surface area contributed by atoms with Crippen LogP contribution in [-0.2, 0) is 0 Å². The van der Waals surface area contributed by atoms with Gasteiger partial charge in [0.25, 0.3) is 0 Å². The molecule has 2 heterocycles. The van der Waals surface area contributed by atoms with Crippen LogP contribution in [0.1, 0.15) is 52.4 Å². The normalized spacial score (nSPS) is 28.0. The van der Waals surface area contributed by atoms with Crippen molar-refractivity contribution >= 4 is 0 Å². The topological polar surface area (TPSA) is 15.3 Å². The number of rotatable bonds is 2. The third-order valence-corrected chi connectivity index (χ3v) is 3.34. The predicted octanol–water partition coefficient (Wildman–Crippen LogP) is 2.64. The Morgan fingerprint density at radius 1 is 1.00 bits per heavy atom. The van der Waals surface area contributed by atoms with Gasteiger partial charge in [0.05, 0.1) is 0 Å². The van der Waals surface area contributed by atoms with Crippen LogP contribution in [0.4, 0.5) is 0 Å². The van der Waals surface area contributed by atoms with E-state index in [9.17, 15) is 0 Å². The van der Waals surface area contributed by atoms with E-state index in [0.717, 1.165) is 6.04 Å². The van der Waals surface area contributed by atoms with Gasteiger partial charge in [-0.15, -0.1) is 0 Å². The molecule has 2 nitrogen and oxygen atoms in total. The Balaban J connectivity index is 0.000000531. The van der Waals surface area contributed by atoms with E-state index in [1.807, 2.05) is 13.8 Å². The number of nitrogens with one attached hydrogen (secondary N) is 1. The van der Waals surface area contributed by atoms with Crippen LogP contribution in [-0.4, -0.2) is 37.1 Å². The van der Waals surface area contributed by atoms with Gasteiger partial charge in [-0.3, -0.25) is 0 Å². The molecule has 2 heteroatoms. The second kappa shape index (κ2) is 8.12. The van der Waals surface area contributed by atoms with E-state index in [1.165, 1.54) is 64.7 Å². The average molecular weight is 212 g/mol. The van der Waals surface area contributed by atoms with Crippen LogP contribution in [0.15, 0.2) is 0 Å². The Labute approximate surface area is 95.4 Å². The fourth-order valence-electron chi connectivity index (χ4n) is 2.53. The molecular weight excluding hydrogens is 184 g/mol. The largest absolute Gasteiger partial charge is 0.313 e. The minimum absolute atomic E-state index is 0.798. The zero-order valence-electron chi connectivity index (χ0n) is 10.6. The van der Waals surface area contributed by atoms with Crippen molar-refractivity contribution in [3.05, 3.63) is 0 Å². The first-order chi connectivity index (χ1) is 7.45. The molecule has 0 bridgehead atoms. The molecule has 2 rings (SSSR count). The molecular formula is C13H28N2. The molecule has 0 amide bonds. The fourth-order valence-corrected chi connectivity index (χ4v) is 2.53. The van der Waals surface area contributed by atoms with Crippen LogP contribution in [0.2, 0.25) is 0 Å². The summed E-state index contributed by atoms with van der Waals surface area (Å²) in [5.74, 6) is 0. The van der Waals surface area contributed by atoms with Crippen molar-refractivity contribution in [1.29, 1.82) is 0 Å². The maximum Gasteiger partial charge on any atom is 0.0195 e. The molecule has 0 saturated carbocycles. The number of likely N-dealkylation sites (tertiary alicyclic amines) is 1. The van der Waals surface area contributed by atoms with Gasteiger partial charge in [-0.25, -0.2) is 0 Å². The smallest absolute Gasteiger partial charge is 0.0195 e. The molecule has 2 aliphatic heterocycles. The first-order valence-electron chi connectivity index (χ1n) is 6.91. The molecule has 1 atom stereocenters. The van der Waals surface area contributed by atoms with Gasteiger partial charge in [-0.05, 0) is 45.3 Å². The van der Waals surface area contributed by atoms with Crippen molar-refractivity contribution in [2.75, 3.05) is 26.2 Å². The fraction of sp³-hybridized carbons (Fsp3) is 1.00. The van der Waals surface area contributed by atoms with Crippen LogP contribution in [0.5, 0.6) is 0 Å². The highest BCUT2D eigenvalue weighted by molar-refractivity contribution is 4.77. The van der Waals surface area contributed by atoms with E-state index in [4.69, 9.17) is 0 Å². The van der Waals surface area contributed by atoms with Gasteiger partial charge >= 0.3 is 0 Å². The van der Waals surface area contributed by atoms with Crippen molar-refractivity contribution in [1.82, 2.24) is 10.2 Å². The first kappa shape index (κ1) is 13.0. The monoisotopic (exact) mass is 212 g/mol. The van der Waals surface area contributed by atoms with Gasteiger partial charge < -0.3 is 10.2 Å². The van der Waals surface area contributed by atoms with Crippen LogP contribution < -0.4 is 5.32 Å². The minimum atomic E-state index is 0.798. The van der Waals surface area contributed by atoms with Crippen molar-refractivity contribution in [3.63, 3.8) is 0 Å². The molecule has 1 unspecified atom stereocenters. The van der Waals surface area contributed by atoms with Gasteiger partial charge in [0.15, 0.2) is 0 Å². The van der Waals surface area contributed by atoms with Crippen molar-refractivity contribution in [2.24, 2.45) is 0 Å². The predicted molar refractivity (Wildman–Crippen MR) is 67.3 cm³/mol. The molecule has 0 aliphatic carbocycles. The first-order valence-corrected chi connectivity index (χ1v) is 6.91. The molecule has 2 fully saturated rings. The maximum atomic E-state index is 3.62. The molecule has 0 aromatic carbocycles. The van der Waals surface area contributed by atoms with E-state index < -0.39 is 0 Å². The minimum Gasteiger partial charge on any atom is -0.313 e. The highest BCUT2D eigenvalue weighted by Gasteiger charge is 2.17. The molecule has 90 valence electrons. The Morgan fingerprint density at radius 3 is 2.33 bits per heavy atom. The summed E-state index contributed by atoms with van der Waals surface area (Å²) in [4.78, 5) is 2.65. The summed E-state index contributed by atoms with van der Waals surface area (Å²) in [6.07, 6.45) is 8.52. The van der Waals surface area contributed by atoms with Gasteiger partial charge in [-0.2, -0.15) is 0 Å². The molecule has 15 heavy (non-hydrogen) atoms. The van der Waals surface area contributed by atoms with Crippen LogP contribution in [0.3, 0.4) is 0 Å². The second-order valence-electron chi connectivity index (χ2n) is 4.51. The Kier molecular flexibility index (Phi) is 7.03. The molecule has 0 spiro atoms. The highest BCUT2D eigenvalue weighted by Crippen LogP contribution is 2.12. The summed E-state index contributed by atoms with van der Waals surface area (Å²) in [6.45, 7) is 9.24. The van der Waals surface area contributed by atoms with Crippen LogP contribution >= 0.6 is 0 Å². The second-order valence-corrected chi connectivity index (χ2v) is 4.51. The van der Waals surface area contributed by atoms with Gasteiger partial charge in [0.1, 0.15) is 0 Å². The SMILES string of the molecule is C1CCN(CC2CCCCN2)CC1.CC. The highest BCUT2D eigenvalue weighted by atomic mass is 15.2. The number of nitrogens with zero attached hydrogens (tertiary/aromatic N) is 1. The lowest BCUT2D eigenvalue weighted by molar-refractivity contribution is 0.193. The molecule has 1 N–H and O–H groups in total. The number of hydrogen-bond acceptors (Lipinski definition) is 2. The maximum absolute atomic E-state index is 3.62. The van der Waals surface area contributed by atoms with Crippen molar-refractivity contribution in [3.8, 4) is 0 Å². The van der Waals surface area contributed by atoms with E-state index in [2.05, 4.69) is 10.2 Å². The van der Waals surface area contributed by atoms with Crippen LogP contribution in [0, 0.1) is 0 Å². The summed E-state index contributed by atoms with van der Waals surface area (Å²) in [6, 6.07) is 0.798. The van der Waals surface area contributed by atoms with Gasteiger partial charge in [0, 0.05) is 12.6 Å². The molecule has 2 saturated heterocycles. The Bertz CT molecular complexity index is 119. The summed E-state index contributed by atoms with van der Waals surface area (Å²) < 4.78 is 0. The van der Waals surface area contributed by atoms with E-state index in [1.54, 1.807) is 0 Å². The lowest BCUT2D eigenvalue weighted by Gasteiger charge is -2.32. The summed E-state index contributed by atoms with van der Waals surface area (Å²) in [5, 5.41) is 3.62. The molecule has 0 aromatic rings. The van der Waals surface area contributed by atoms with E-state index in [0.29, 0.717) is 0 Å². The number of piperidine rings is 2. The Hall–Kier alpha value is -0.0800. The van der Waals surface area contributed by atoms with Crippen molar-refractivity contribution < 1.29 is 0 Å². The standard InChI is InChI=1S/C11H22N2.C2H6/c1-4-8-13(9-5-1)10-11-6-2-3-7-12-11;1-2/h11-12H,1-10H2;1-2H3. The molecule has 0 aromatic heterocycles. The molecule has 2 aliphatic rings. The summed E-state index contributed by atoms with van der Waals surface area (Å²) in [5.41, 5.74) is 0. The molecule has 0 radical (unpaired) electrons. The quantitative estimate of drug-likeness (QED) is 0.757. The number of hydrogen-bond donors (Lipinski definition) is 1. The lowest BCUT2D eigenvalue weighted by atomic mass is 10.0. The van der Waals surface area contributed by atoms with Gasteiger partial charge in [0.2, 0.25) is 0 Å². The Morgan fingerprint density at radius 2 is 1.73 bits per heavy atom. The third-order valence-electron chi connectivity index (χ3n) is 3.34. The van der Waals surface area contributed by atoms with Crippen molar-refractivity contribution in [2.45, 2.75) is 58.4 Å². The van der Waals surface area contributed by atoms with Crippen LogP contribution in [0.25, 0.3) is 0 Å². The summed E-state index contributed by atoms with van der Waals surface area (Å²) in [7, 11) is 0.